The predicted octanol–water partition coefficient (Wildman–Crippen LogP) is 7.59. The first kappa shape index (κ1) is 24.2. The maximum atomic E-state index is 3.84. The molecule has 0 saturated heterocycles. The summed E-state index contributed by atoms with van der Waals surface area (Å²) in [6, 6.07) is 14.8. The molecule has 0 atom stereocenters. The molecule has 2 aromatic carbocycles. The molecular weight excluding hydrogens is 288 g/mol. The van der Waals surface area contributed by atoms with Crippen LogP contribution >= 0.6 is 0 Å². The third-order valence-corrected chi connectivity index (χ3v) is 3.62. The molecule has 0 bridgehead atoms. The van der Waals surface area contributed by atoms with Crippen LogP contribution in [0.4, 0.5) is 0 Å². The first-order valence-electron chi connectivity index (χ1n) is 8.89. The van der Waals surface area contributed by atoms with E-state index >= 15 is 0 Å². The van der Waals surface area contributed by atoms with Gasteiger partial charge in [-0.25, -0.2) is 0 Å². The number of aryl methyl sites for hydroxylation is 3. The molecule has 0 aromatic heterocycles. The second-order valence-corrected chi connectivity index (χ2v) is 4.99. The Bertz CT molecular complexity index is 550. The van der Waals surface area contributed by atoms with Gasteiger partial charge in [0.2, 0.25) is 0 Å². The fourth-order valence-corrected chi connectivity index (χ4v) is 2.36. The lowest BCUT2D eigenvalue weighted by molar-refractivity contribution is 1.09. The highest BCUT2D eigenvalue weighted by Gasteiger charge is 2.02. The molecule has 2 aromatic rings. The zero-order valence-corrected chi connectivity index (χ0v) is 16.7. The largest absolute Gasteiger partial charge is 0.106 e. The fraction of sp³-hybridized carbons (Fsp3) is 0.333. The molecule has 0 saturated carbocycles. The van der Waals surface area contributed by atoms with Crippen LogP contribution in [0.5, 0.6) is 0 Å². The van der Waals surface area contributed by atoms with E-state index in [9.17, 15) is 0 Å². The SMILES string of the molecule is C=C.C=Cc1c(C)ccc(C)c1CC.CC.CCc1ccccc1. The number of benzene rings is 2. The minimum atomic E-state index is 1.09. The van der Waals surface area contributed by atoms with Crippen LogP contribution in [0.15, 0.2) is 62.2 Å². The smallest absolute Gasteiger partial charge is 0.0199 e. The first-order chi connectivity index (χ1) is 11.6. The summed E-state index contributed by atoms with van der Waals surface area (Å²) < 4.78 is 0. The molecule has 0 amide bonds. The van der Waals surface area contributed by atoms with Gasteiger partial charge in [0.25, 0.3) is 0 Å². The third-order valence-electron chi connectivity index (χ3n) is 3.62. The zero-order valence-electron chi connectivity index (χ0n) is 16.7. The monoisotopic (exact) mass is 324 g/mol. The fourth-order valence-electron chi connectivity index (χ4n) is 2.36. The molecule has 0 spiro atoms. The molecule has 24 heavy (non-hydrogen) atoms. The van der Waals surface area contributed by atoms with Crippen LogP contribution in [0, 0.1) is 13.8 Å². The van der Waals surface area contributed by atoms with E-state index in [-0.39, 0.29) is 0 Å². The van der Waals surface area contributed by atoms with E-state index in [0.29, 0.717) is 0 Å². The van der Waals surface area contributed by atoms with Crippen molar-refractivity contribution in [3.8, 4) is 0 Å². The maximum absolute atomic E-state index is 3.84. The van der Waals surface area contributed by atoms with Gasteiger partial charge in [-0.15, -0.1) is 13.2 Å². The van der Waals surface area contributed by atoms with Crippen LogP contribution in [0.25, 0.3) is 6.08 Å². The van der Waals surface area contributed by atoms with Crippen LogP contribution in [0.2, 0.25) is 0 Å². The van der Waals surface area contributed by atoms with Crippen molar-refractivity contribution in [2.75, 3.05) is 0 Å². The van der Waals surface area contributed by atoms with E-state index in [1.165, 1.54) is 27.8 Å². The van der Waals surface area contributed by atoms with Crippen molar-refractivity contribution in [3.05, 3.63) is 90.0 Å². The summed E-state index contributed by atoms with van der Waals surface area (Å²) in [6.45, 7) is 22.5. The molecule has 0 radical (unpaired) electrons. The Morgan fingerprint density at radius 2 is 1.29 bits per heavy atom. The Balaban J connectivity index is 0. The van der Waals surface area contributed by atoms with Crippen molar-refractivity contribution in [2.45, 2.75) is 54.4 Å². The van der Waals surface area contributed by atoms with Gasteiger partial charge in [-0.1, -0.05) is 82.8 Å². The zero-order chi connectivity index (χ0) is 19.0. The van der Waals surface area contributed by atoms with Crippen LogP contribution in [0.3, 0.4) is 0 Å². The molecular formula is C24H36. The quantitative estimate of drug-likeness (QED) is 0.510. The molecule has 0 aliphatic heterocycles. The lowest BCUT2D eigenvalue weighted by Gasteiger charge is -2.10. The summed E-state index contributed by atoms with van der Waals surface area (Å²) in [5, 5.41) is 0. The highest BCUT2D eigenvalue weighted by molar-refractivity contribution is 5.58. The molecule has 0 heterocycles. The van der Waals surface area contributed by atoms with Crippen LogP contribution in [0.1, 0.15) is 55.5 Å². The van der Waals surface area contributed by atoms with E-state index in [1.807, 2.05) is 26.0 Å². The van der Waals surface area contributed by atoms with E-state index in [2.05, 4.69) is 83.8 Å². The Morgan fingerprint density at radius 1 is 0.792 bits per heavy atom. The Hall–Kier alpha value is -2.08. The summed E-state index contributed by atoms with van der Waals surface area (Å²) in [4.78, 5) is 0. The van der Waals surface area contributed by atoms with Crippen molar-refractivity contribution in [1.82, 2.24) is 0 Å². The van der Waals surface area contributed by atoms with Crippen molar-refractivity contribution in [2.24, 2.45) is 0 Å². The standard InChI is InChI=1S/C12H16.C8H10.C2H6.C2H4/c1-5-11-9(3)7-8-10(4)12(11)6-2;1-2-8-6-4-3-5-7-8;2*1-2/h5,7-8H,1,6H2,2-4H3;3-7H,2H2,1H3;1-2H3;1-2H2. The van der Waals surface area contributed by atoms with Crippen molar-refractivity contribution in [3.63, 3.8) is 0 Å². The van der Waals surface area contributed by atoms with Gasteiger partial charge >= 0.3 is 0 Å². The van der Waals surface area contributed by atoms with Crippen LogP contribution in [-0.4, -0.2) is 0 Å². The van der Waals surface area contributed by atoms with Gasteiger partial charge in [-0.2, -0.15) is 0 Å². The summed E-state index contributed by atoms with van der Waals surface area (Å²) in [6.07, 6.45) is 4.19. The topological polar surface area (TPSA) is 0 Å². The maximum Gasteiger partial charge on any atom is -0.0199 e. The number of hydrogen-bond donors (Lipinski definition) is 0. The summed E-state index contributed by atoms with van der Waals surface area (Å²) in [5.74, 6) is 0. The molecule has 0 aliphatic rings. The summed E-state index contributed by atoms with van der Waals surface area (Å²) in [5.41, 5.74) is 6.86. The van der Waals surface area contributed by atoms with Crippen molar-refractivity contribution in [1.29, 1.82) is 0 Å². The Labute approximate surface area is 151 Å². The van der Waals surface area contributed by atoms with Gasteiger partial charge in [0.05, 0.1) is 0 Å². The molecule has 0 unspecified atom stereocenters. The second-order valence-electron chi connectivity index (χ2n) is 4.99. The summed E-state index contributed by atoms with van der Waals surface area (Å²) in [7, 11) is 0. The van der Waals surface area contributed by atoms with E-state index in [1.54, 1.807) is 0 Å². The summed E-state index contributed by atoms with van der Waals surface area (Å²) >= 11 is 0. The highest BCUT2D eigenvalue weighted by Crippen LogP contribution is 2.19. The van der Waals surface area contributed by atoms with Gasteiger partial charge in [-0.3, -0.25) is 0 Å². The third kappa shape index (κ3) is 8.53. The molecule has 0 heteroatoms. The predicted molar refractivity (Wildman–Crippen MR) is 114 cm³/mol. The van der Waals surface area contributed by atoms with E-state index < -0.39 is 0 Å². The normalized spacial score (nSPS) is 8.42. The average molecular weight is 325 g/mol. The highest BCUT2D eigenvalue weighted by atomic mass is 14.1. The van der Waals surface area contributed by atoms with Gasteiger partial charge < -0.3 is 0 Å². The molecule has 2 rings (SSSR count). The molecule has 132 valence electrons. The van der Waals surface area contributed by atoms with Crippen molar-refractivity contribution >= 4 is 6.08 Å². The van der Waals surface area contributed by atoms with E-state index in [4.69, 9.17) is 0 Å². The van der Waals surface area contributed by atoms with Gasteiger partial charge in [0.1, 0.15) is 0 Å². The van der Waals surface area contributed by atoms with Crippen molar-refractivity contribution < 1.29 is 0 Å². The first-order valence-corrected chi connectivity index (χ1v) is 8.89. The lowest BCUT2D eigenvalue weighted by atomic mass is 9.96. The number of hydrogen-bond acceptors (Lipinski definition) is 0. The molecule has 0 aliphatic carbocycles. The van der Waals surface area contributed by atoms with Crippen LogP contribution < -0.4 is 0 Å². The van der Waals surface area contributed by atoms with Gasteiger partial charge in [-0.05, 0) is 54.5 Å². The molecule has 0 nitrogen and oxygen atoms in total. The van der Waals surface area contributed by atoms with Gasteiger partial charge in [0.15, 0.2) is 0 Å². The Morgan fingerprint density at radius 3 is 1.62 bits per heavy atom. The lowest BCUT2D eigenvalue weighted by Crippen LogP contribution is -1.93. The molecule has 0 fully saturated rings. The van der Waals surface area contributed by atoms with Crippen LogP contribution in [-0.2, 0) is 12.8 Å². The molecule has 0 N–H and O–H groups in total. The number of rotatable bonds is 3. The average Bonchev–Trinajstić information content (AvgIpc) is 2.67. The Kier molecular flexibility index (Phi) is 15.9. The van der Waals surface area contributed by atoms with Gasteiger partial charge in [0, 0.05) is 0 Å². The second kappa shape index (κ2) is 15.8. The minimum absolute atomic E-state index is 1.09. The minimum Gasteiger partial charge on any atom is -0.106 e. The van der Waals surface area contributed by atoms with E-state index in [0.717, 1.165) is 12.8 Å².